The molecule has 3 atom stereocenters. The van der Waals surface area contributed by atoms with E-state index in [9.17, 15) is 19.2 Å². The normalized spacial score (nSPS) is 19.1. The molecule has 1 aliphatic rings. The highest BCUT2D eigenvalue weighted by molar-refractivity contribution is 6.74. The maximum absolute atomic E-state index is 13.6. The van der Waals surface area contributed by atoms with Gasteiger partial charge in [0.1, 0.15) is 18.7 Å². The highest BCUT2D eigenvalue weighted by Crippen LogP contribution is 2.39. The van der Waals surface area contributed by atoms with E-state index in [1.807, 2.05) is 30.3 Å². The van der Waals surface area contributed by atoms with Crippen molar-refractivity contribution in [2.24, 2.45) is 5.92 Å². The van der Waals surface area contributed by atoms with Gasteiger partial charge in [-0.2, -0.15) is 0 Å². The first-order valence-electron chi connectivity index (χ1n) is 12.3. The molecule has 1 aromatic rings. The van der Waals surface area contributed by atoms with Crippen LogP contribution in [0.4, 0.5) is 4.79 Å². The predicted molar refractivity (Wildman–Crippen MR) is 138 cm³/mol. The van der Waals surface area contributed by atoms with Crippen LogP contribution in [-0.4, -0.2) is 68.8 Å². The smallest absolute Gasteiger partial charge is 0.408 e. The second-order valence-electron chi connectivity index (χ2n) is 11.0. The number of alkyl carbamates (subject to hydrolysis) is 1. The summed E-state index contributed by atoms with van der Waals surface area (Å²) in [5, 5.41) is 2.57. The van der Waals surface area contributed by atoms with E-state index >= 15 is 0 Å². The monoisotopic (exact) mass is 520 g/mol. The largest absolute Gasteiger partial charge is 0.463 e. The Morgan fingerprint density at radius 3 is 2.25 bits per heavy atom. The lowest BCUT2D eigenvalue weighted by atomic mass is 10.0. The van der Waals surface area contributed by atoms with Crippen molar-refractivity contribution in [1.29, 1.82) is 0 Å². The van der Waals surface area contributed by atoms with E-state index in [-0.39, 0.29) is 30.5 Å². The van der Waals surface area contributed by atoms with Gasteiger partial charge in [0, 0.05) is 13.0 Å². The Bertz CT molecular complexity index is 943. The van der Waals surface area contributed by atoms with Crippen molar-refractivity contribution < 1.29 is 33.1 Å². The van der Waals surface area contributed by atoms with Gasteiger partial charge in [-0.25, -0.2) is 9.59 Å². The number of methoxy groups -OCH3 is 1. The number of nitrogens with one attached hydrogen (secondary N) is 1. The maximum Gasteiger partial charge on any atom is 0.408 e. The molecular weight excluding hydrogens is 480 g/mol. The van der Waals surface area contributed by atoms with E-state index in [4.69, 9.17) is 9.16 Å². The number of Topliss-reactive ketones (excluding diaryl/α,β-unsaturated/α-hetero) is 1. The van der Waals surface area contributed by atoms with Crippen molar-refractivity contribution in [1.82, 2.24) is 10.2 Å². The fourth-order valence-corrected chi connectivity index (χ4v) is 5.15. The lowest BCUT2D eigenvalue weighted by molar-refractivity contribution is -0.155. The van der Waals surface area contributed by atoms with Crippen molar-refractivity contribution in [3.05, 3.63) is 35.9 Å². The molecule has 36 heavy (non-hydrogen) atoms. The molecule has 2 rings (SSSR count). The number of benzene rings is 1. The zero-order valence-electron chi connectivity index (χ0n) is 22.6. The number of rotatable bonds is 9. The second-order valence-corrected chi connectivity index (χ2v) is 15.8. The summed E-state index contributed by atoms with van der Waals surface area (Å²) >= 11 is 0. The number of ether oxygens (including phenoxy) is 2. The van der Waals surface area contributed by atoms with Gasteiger partial charge in [0.15, 0.2) is 8.32 Å². The first kappa shape index (κ1) is 29.5. The molecule has 9 nitrogen and oxygen atoms in total. The maximum atomic E-state index is 13.6. The lowest BCUT2D eigenvalue weighted by Gasteiger charge is -2.38. The third kappa shape index (κ3) is 7.39. The number of carbonyl (C=O) groups excluding carboxylic acids is 4. The average molecular weight is 521 g/mol. The fourth-order valence-electron chi connectivity index (χ4n) is 3.79. The summed E-state index contributed by atoms with van der Waals surface area (Å²) in [7, 11) is -1.08. The number of likely N-dealkylation sites (tertiary alicyclic amines) is 1. The van der Waals surface area contributed by atoms with Crippen LogP contribution in [0.5, 0.6) is 0 Å². The molecule has 1 aromatic carbocycles. The number of hydrogen-bond donors (Lipinski definition) is 1. The van der Waals surface area contributed by atoms with Crippen LogP contribution in [0, 0.1) is 5.92 Å². The zero-order chi connectivity index (χ0) is 27.3. The van der Waals surface area contributed by atoms with Crippen molar-refractivity contribution in [3.63, 3.8) is 0 Å². The van der Waals surface area contributed by atoms with Crippen molar-refractivity contribution >= 4 is 32.1 Å². The molecule has 0 unspecified atom stereocenters. The first-order valence-corrected chi connectivity index (χ1v) is 15.2. The van der Waals surface area contributed by atoms with Crippen LogP contribution in [-0.2, 0) is 34.9 Å². The minimum absolute atomic E-state index is 0.0568. The van der Waals surface area contributed by atoms with Crippen molar-refractivity contribution in [2.75, 3.05) is 13.7 Å². The topological polar surface area (TPSA) is 111 Å². The molecule has 0 spiro atoms. The molecule has 1 heterocycles. The van der Waals surface area contributed by atoms with E-state index in [1.165, 1.54) is 4.90 Å². The first-order chi connectivity index (χ1) is 16.7. The minimum Gasteiger partial charge on any atom is -0.463 e. The van der Waals surface area contributed by atoms with Gasteiger partial charge in [0.2, 0.25) is 5.91 Å². The molecule has 2 amide bonds. The Hall–Kier alpha value is -2.72. The van der Waals surface area contributed by atoms with Gasteiger partial charge in [0.05, 0.1) is 13.2 Å². The van der Waals surface area contributed by atoms with E-state index in [2.05, 4.69) is 43.9 Å². The number of carbonyl (C=O) groups is 4. The zero-order valence-corrected chi connectivity index (χ0v) is 23.6. The standard InChI is InChI=1S/C26H40N2O7Si/c1-17(2)21(27-25(32)34-16-18-12-10-9-11-13-18)23(30)28-15-19(35-36(7,8)26(3,4)5)14-20(28)22(29)24(31)33-6/h9-13,17,19-21H,14-16H2,1-8H3,(H,27,32)/t19-,20+,21+/m1/s1. The van der Waals surface area contributed by atoms with Crippen molar-refractivity contribution in [2.45, 2.75) is 84.0 Å². The number of nitrogens with zero attached hydrogens (tertiary/aromatic N) is 1. The molecule has 1 saturated heterocycles. The molecule has 0 radical (unpaired) electrons. The van der Waals surface area contributed by atoms with Crippen LogP contribution in [0.3, 0.4) is 0 Å². The highest BCUT2D eigenvalue weighted by atomic mass is 28.4. The van der Waals surface area contributed by atoms with E-state index < -0.39 is 50.3 Å². The summed E-state index contributed by atoms with van der Waals surface area (Å²) in [5.74, 6) is -2.58. The Kier molecular flexibility index (Phi) is 9.84. The average Bonchev–Trinajstić information content (AvgIpc) is 3.22. The number of ketones is 1. The molecule has 1 fully saturated rings. The number of esters is 1. The molecule has 1 aliphatic heterocycles. The van der Waals surface area contributed by atoms with Gasteiger partial charge in [-0.3, -0.25) is 9.59 Å². The Balaban J connectivity index is 2.20. The summed E-state index contributed by atoms with van der Waals surface area (Å²) in [6.45, 7) is 14.3. The summed E-state index contributed by atoms with van der Waals surface area (Å²) in [5.41, 5.74) is 0.814. The minimum atomic E-state index is -2.21. The molecule has 0 saturated carbocycles. The lowest BCUT2D eigenvalue weighted by Crippen LogP contribution is -2.54. The van der Waals surface area contributed by atoms with Crippen LogP contribution >= 0.6 is 0 Å². The second kappa shape index (κ2) is 12.0. The SMILES string of the molecule is COC(=O)C(=O)[C@@H]1C[C@@H](O[Si](C)(C)C(C)(C)C)CN1C(=O)[C@@H](NC(=O)OCc1ccccc1)C(C)C. The molecule has 10 heteroatoms. The van der Waals surface area contributed by atoms with Gasteiger partial charge in [-0.1, -0.05) is 65.0 Å². The van der Waals surface area contributed by atoms with E-state index in [0.717, 1.165) is 12.7 Å². The summed E-state index contributed by atoms with van der Waals surface area (Å²) < 4.78 is 16.4. The Morgan fingerprint density at radius 1 is 1.11 bits per heavy atom. The van der Waals surface area contributed by atoms with E-state index in [1.54, 1.807) is 13.8 Å². The number of amides is 2. The highest BCUT2D eigenvalue weighted by Gasteiger charge is 2.48. The van der Waals surface area contributed by atoms with Gasteiger partial charge < -0.3 is 24.1 Å². The van der Waals surface area contributed by atoms with Crippen molar-refractivity contribution in [3.8, 4) is 0 Å². The van der Waals surface area contributed by atoms with Crippen LogP contribution in [0.15, 0.2) is 30.3 Å². The molecular formula is C26H40N2O7Si. The summed E-state index contributed by atoms with van der Waals surface area (Å²) in [6.07, 6.45) is -0.962. The quantitative estimate of drug-likeness (QED) is 0.300. The Labute approximate surface area is 215 Å². The third-order valence-corrected chi connectivity index (χ3v) is 11.5. The van der Waals surface area contributed by atoms with Crippen LogP contribution < -0.4 is 5.32 Å². The number of hydrogen-bond acceptors (Lipinski definition) is 7. The van der Waals surface area contributed by atoms with Gasteiger partial charge in [-0.15, -0.1) is 0 Å². The van der Waals surface area contributed by atoms with Crippen LogP contribution in [0.25, 0.3) is 0 Å². The summed E-state index contributed by atoms with van der Waals surface area (Å²) in [6, 6.07) is 7.22. The van der Waals surface area contributed by atoms with Crippen LogP contribution in [0.2, 0.25) is 18.1 Å². The molecule has 0 aromatic heterocycles. The van der Waals surface area contributed by atoms with E-state index in [0.29, 0.717) is 0 Å². The fraction of sp³-hybridized carbons (Fsp3) is 0.615. The third-order valence-electron chi connectivity index (χ3n) is 6.92. The summed E-state index contributed by atoms with van der Waals surface area (Å²) in [4.78, 5) is 52.4. The molecule has 0 bridgehead atoms. The Morgan fingerprint density at radius 2 is 1.72 bits per heavy atom. The van der Waals surface area contributed by atoms with Gasteiger partial charge in [-0.05, 0) is 29.6 Å². The van der Waals surface area contributed by atoms with Gasteiger partial charge in [0.25, 0.3) is 5.78 Å². The predicted octanol–water partition coefficient (Wildman–Crippen LogP) is 3.67. The molecule has 200 valence electrons. The van der Waals surface area contributed by atoms with Crippen LogP contribution in [0.1, 0.15) is 46.6 Å². The molecule has 0 aliphatic carbocycles. The molecule has 1 N–H and O–H groups in total. The van der Waals surface area contributed by atoms with Gasteiger partial charge >= 0.3 is 12.1 Å².